The fourth-order valence-electron chi connectivity index (χ4n) is 7.06. The number of ether oxygens (including phenoxy) is 2. The van der Waals surface area contributed by atoms with Crippen molar-refractivity contribution in [3.63, 3.8) is 0 Å². The monoisotopic (exact) mass is 608 g/mol. The Hall–Kier alpha value is -4.39. The number of phenolic OH excluding ortho intramolecular Hbond substituents is 1. The summed E-state index contributed by atoms with van der Waals surface area (Å²) in [6.45, 7) is 3.02. The maximum absolute atomic E-state index is 16.8. The summed E-state index contributed by atoms with van der Waals surface area (Å²) < 4.78 is 58.2. The Morgan fingerprint density at radius 2 is 2.05 bits per heavy atom. The molecule has 3 aliphatic heterocycles. The molecule has 13 heteroatoms. The first-order chi connectivity index (χ1) is 21.2. The van der Waals surface area contributed by atoms with Crippen LogP contribution in [0.2, 0.25) is 0 Å². The number of primary amides is 1. The summed E-state index contributed by atoms with van der Waals surface area (Å²) in [4.78, 5) is 29.1. The highest BCUT2D eigenvalue weighted by Gasteiger charge is 2.49. The lowest BCUT2D eigenvalue weighted by Gasteiger charge is -2.31. The van der Waals surface area contributed by atoms with E-state index >= 15 is 4.39 Å². The number of alkyl halides is 1. The van der Waals surface area contributed by atoms with Crippen LogP contribution in [-0.2, 0) is 11.2 Å². The molecule has 230 valence electrons. The number of carbonyl (C=O) groups excluding carboxylic acids is 1. The number of phenols is 1. The molecule has 2 aromatic carbocycles. The van der Waals surface area contributed by atoms with Gasteiger partial charge in [0.2, 0.25) is 11.8 Å². The van der Waals surface area contributed by atoms with E-state index in [1.807, 2.05) is 0 Å². The van der Waals surface area contributed by atoms with Crippen molar-refractivity contribution >= 4 is 33.4 Å². The van der Waals surface area contributed by atoms with Crippen molar-refractivity contribution in [1.82, 2.24) is 19.9 Å². The first-order valence-corrected chi connectivity index (χ1v) is 14.7. The van der Waals surface area contributed by atoms with Crippen molar-refractivity contribution in [3.8, 4) is 28.9 Å². The van der Waals surface area contributed by atoms with Crippen LogP contribution in [0.4, 0.5) is 19.0 Å². The van der Waals surface area contributed by atoms with Crippen LogP contribution in [0.15, 0.2) is 24.3 Å². The molecule has 0 aliphatic carbocycles. The van der Waals surface area contributed by atoms with E-state index in [-0.39, 0.29) is 71.9 Å². The van der Waals surface area contributed by atoms with Gasteiger partial charge < -0.3 is 25.2 Å². The van der Waals surface area contributed by atoms with Crippen molar-refractivity contribution < 1.29 is 32.5 Å². The van der Waals surface area contributed by atoms with Gasteiger partial charge >= 0.3 is 6.01 Å². The van der Waals surface area contributed by atoms with Gasteiger partial charge in [-0.15, -0.1) is 0 Å². The number of fused-ring (bicyclic) bond motifs is 2. The van der Waals surface area contributed by atoms with Gasteiger partial charge in [0.1, 0.15) is 53.4 Å². The average molecular weight is 609 g/mol. The molecule has 2 fully saturated rings. The molecule has 44 heavy (non-hydrogen) atoms. The normalized spacial score (nSPS) is 21.5. The van der Waals surface area contributed by atoms with E-state index in [0.717, 1.165) is 19.4 Å². The summed E-state index contributed by atoms with van der Waals surface area (Å²) in [5.41, 5.74) is 5.13. The Morgan fingerprint density at radius 3 is 2.84 bits per heavy atom. The largest absolute Gasteiger partial charge is 0.508 e. The van der Waals surface area contributed by atoms with Gasteiger partial charge in [-0.05, 0) is 60.3 Å². The van der Waals surface area contributed by atoms with Crippen LogP contribution in [0.1, 0.15) is 31.7 Å². The van der Waals surface area contributed by atoms with Gasteiger partial charge in [0, 0.05) is 18.5 Å². The van der Waals surface area contributed by atoms with Crippen molar-refractivity contribution in [1.29, 1.82) is 0 Å². The summed E-state index contributed by atoms with van der Waals surface area (Å²) in [5, 5.41) is 11.6. The topological polar surface area (TPSA) is 127 Å². The highest BCUT2D eigenvalue weighted by Crippen LogP contribution is 2.44. The molecule has 2 aromatic heterocycles. The average Bonchev–Trinajstić information content (AvgIpc) is 3.45. The van der Waals surface area contributed by atoms with Gasteiger partial charge in [0.05, 0.1) is 18.6 Å². The summed E-state index contributed by atoms with van der Waals surface area (Å²) >= 11 is 0. The molecule has 1 amide bonds. The van der Waals surface area contributed by atoms with Crippen molar-refractivity contribution in [2.75, 3.05) is 44.3 Å². The molecular weight excluding hydrogens is 577 g/mol. The zero-order chi connectivity index (χ0) is 30.7. The van der Waals surface area contributed by atoms with E-state index in [2.05, 4.69) is 19.9 Å². The van der Waals surface area contributed by atoms with Crippen LogP contribution >= 0.6 is 0 Å². The van der Waals surface area contributed by atoms with Crippen LogP contribution in [-0.4, -0.2) is 82.0 Å². The standard InChI is InChI=1S/C31H31F3N6O4/c1-2-19-21(33)5-4-16-10-18(41)11-20(23(16)19)26-25(34)27-24-28(39(14-22(35)42)8-9-43-29(24)36-26)38-30(37-27)44-15-31-6-3-7-40(31)13-17(32)12-31/h4-5,10-11,17,41H,2-3,6-9,12-15H2,1H3,(H2,35,42)/t17-,31+/m1/s1. The molecule has 0 unspecified atom stereocenters. The fourth-order valence-corrected chi connectivity index (χ4v) is 7.06. The highest BCUT2D eigenvalue weighted by molar-refractivity contribution is 6.03. The van der Waals surface area contributed by atoms with E-state index in [1.54, 1.807) is 11.8 Å². The number of hydrogen-bond donors (Lipinski definition) is 2. The minimum Gasteiger partial charge on any atom is -0.508 e. The lowest BCUT2D eigenvalue weighted by atomic mass is 9.94. The zero-order valence-corrected chi connectivity index (χ0v) is 24.1. The minimum atomic E-state index is -0.965. The third-order valence-electron chi connectivity index (χ3n) is 8.95. The molecule has 0 saturated carbocycles. The smallest absolute Gasteiger partial charge is 0.319 e. The van der Waals surface area contributed by atoms with Crippen LogP contribution in [0.3, 0.4) is 0 Å². The van der Waals surface area contributed by atoms with Gasteiger partial charge in [0.15, 0.2) is 5.82 Å². The fraction of sp³-hybridized carbons (Fsp3) is 0.419. The second kappa shape index (κ2) is 10.7. The van der Waals surface area contributed by atoms with Crippen LogP contribution < -0.4 is 20.1 Å². The SMILES string of the molecule is CCc1c(F)ccc2cc(O)cc(-c3nc4c5c(nc(OC[C@@]67CCCN6C[C@H](F)C7)nc5c3F)N(CC(N)=O)CCO4)c12. The Morgan fingerprint density at radius 1 is 1.20 bits per heavy atom. The van der Waals surface area contributed by atoms with Gasteiger partial charge in [-0.25, -0.2) is 18.2 Å². The van der Waals surface area contributed by atoms with E-state index < -0.39 is 29.3 Å². The van der Waals surface area contributed by atoms with Crippen LogP contribution in [0.5, 0.6) is 17.6 Å². The van der Waals surface area contributed by atoms with Crippen molar-refractivity contribution in [2.45, 2.75) is 44.3 Å². The molecule has 3 aliphatic rings. The molecule has 0 spiro atoms. The van der Waals surface area contributed by atoms with Crippen LogP contribution in [0.25, 0.3) is 32.9 Å². The molecular formula is C31H31F3N6O4. The Balaban J connectivity index is 1.43. The molecule has 0 radical (unpaired) electrons. The van der Waals surface area contributed by atoms with Gasteiger partial charge in [-0.2, -0.15) is 9.97 Å². The highest BCUT2D eigenvalue weighted by atomic mass is 19.1. The van der Waals surface area contributed by atoms with Gasteiger partial charge in [0.25, 0.3) is 0 Å². The molecule has 2 atom stereocenters. The second-order valence-electron chi connectivity index (χ2n) is 11.7. The van der Waals surface area contributed by atoms with Crippen molar-refractivity contribution in [2.24, 2.45) is 5.73 Å². The number of aromatic nitrogens is 3. The van der Waals surface area contributed by atoms with E-state index in [0.29, 0.717) is 35.7 Å². The zero-order valence-electron chi connectivity index (χ0n) is 24.1. The number of nitrogens with two attached hydrogens (primary N) is 1. The molecule has 3 N–H and O–H groups in total. The molecule has 5 heterocycles. The first kappa shape index (κ1) is 28.4. The summed E-state index contributed by atoms with van der Waals surface area (Å²) in [6, 6.07) is 5.48. The van der Waals surface area contributed by atoms with Crippen LogP contribution in [0, 0.1) is 11.6 Å². The van der Waals surface area contributed by atoms with E-state index in [4.69, 9.17) is 15.2 Å². The number of benzene rings is 2. The second-order valence-corrected chi connectivity index (χ2v) is 11.7. The maximum Gasteiger partial charge on any atom is 0.319 e. The number of rotatable bonds is 7. The number of hydrogen-bond acceptors (Lipinski definition) is 9. The molecule has 2 saturated heterocycles. The third kappa shape index (κ3) is 4.61. The van der Waals surface area contributed by atoms with Gasteiger partial charge in [-0.3, -0.25) is 9.69 Å². The summed E-state index contributed by atoms with van der Waals surface area (Å²) in [5.74, 6) is -1.96. The maximum atomic E-state index is 16.8. The first-order valence-electron chi connectivity index (χ1n) is 14.7. The number of pyridine rings is 1. The van der Waals surface area contributed by atoms with E-state index in [1.165, 1.54) is 24.3 Å². The number of carbonyl (C=O) groups is 1. The van der Waals surface area contributed by atoms with Crippen molar-refractivity contribution in [3.05, 3.63) is 41.5 Å². The molecule has 4 aromatic rings. The number of anilines is 1. The Labute approximate surface area is 250 Å². The number of nitrogens with zero attached hydrogens (tertiary/aromatic N) is 5. The Bertz CT molecular complexity index is 1820. The summed E-state index contributed by atoms with van der Waals surface area (Å²) in [6.07, 6.45) is 1.33. The van der Waals surface area contributed by atoms with E-state index in [9.17, 15) is 18.7 Å². The minimum absolute atomic E-state index is 0.00694. The molecule has 7 rings (SSSR count). The number of halogens is 3. The molecule has 0 bridgehead atoms. The third-order valence-corrected chi connectivity index (χ3v) is 8.95. The number of amides is 1. The summed E-state index contributed by atoms with van der Waals surface area (Å²) in [7, 11) is 0. The lowest BCUT2D eigenvalue weighted by Crippen LogP contribution is -2.43. The Kier molecular flexibility index (Phi) is 6.87. The quantitative estimate of drug-likeness (QED) is 0.320. The predicted octanol–water partition coefficient (Wildman–Crippen LogP) is 4.03. The predicted molar refractivity (Wildman–Crippen MR) is 157 cm³/mol. The lowest BCUT2D eigenvalue weighted by molar-refractivity contribution is -0.116. The van der Waals surface area contributed by atoms with Gasteiger partial charge in [-0.1, -0.05) is 13.0 Å². The molecule has 10 nitrogen and oxygen atoms in total. The number of aromatic hydroxyl groups is 1. The number of aryl methyl sites for hydroxylation is 1.